The first-order chi connectivity index (χ1) is 38.4. The van der Waals surface area contributed by atoms with Crippen molar-refractivity contribution in [2.75, 3.05) is 6.54 Å². The number of aliphatic hydroxyl groups excluding tert-OH is 3. The van der Waals surface area contributed by atoms with E-state index in [2.05, 4.69) is 10.2 Å². The zero-order valence-electron chi connectivity index (χ0n) is 47.3. The Morgan fingerprint density at radius 1 is 0.699 bits per heavy atom. The molecular formula is C59H62BN7NaO13S2. The maximum atomic E-state index is 11.4. The van der Waals surface area contributed by atoms with Gasteiger partial charge in [0.25, 0.3) is 11.4 Å². The fourth-order valence-corrected chi connectivity index (χ4v) is 10.7. The van der Waals surface area contributed by atoms with E-state index in [1.54, 1.807) is 28.8 Å². The van der Waals surface area contributed by atoms with Gasteiger partial charge in [0.05, 0.1) is 51.5 Å². The molecule has 3 atom stereocenters. The van der Waals surface area contributed by atoms with Crippen LogP contribution in [-0.2, 0) is 56.2 Å². The predicted molar refractivity (Wildman–Crippen MR) is 312 cm³/mol. The number of carbonyl (C=O) groups excluding carboxylic acids is 2. The third-order valence-corrected chi connectivity index (χ3v) is 14.9. The van der Waals surface area contributed by atoms with Crippen molar-refractivity contribution in [2.24, 2.45) is 5.73 Å². The number of thioether (sulfide) groups is 1. The number of nitrogens with one attached hydrogen (secondary N) is 1. The van der Waals surface area contributed by atoms with Gasteiger partial charge >= 0.3 is 29.6 Å². The number of aromatic nitrogens is 3. The number of ketones is 2. The number of aliphatic hydroxyl groups is 3. The summed E-state index contributed by atoms with van der Waals surface area (Å²) in [7, 11) is 0. The molecule has 7 aromatic rings. The van der Waals surface area contributed by atoms with Crippen LogP contribution in [0.1, 0.15) is 107 Å². The number of hydrogen-bond donors (Lipinski definition) is 9. The molecule has 0 spiro atoms. The Hall–Kier alpha value is -7.24. The van der Waals surface area contributed by atoms with E-state index < -0.39 is 9.85 Å². The number of benzene rings is 6. The number of Topliss-reactive ketones (excluding diaryl/α,β-unsaturated/α-hetero) is 2. The minimum absolute atomic E-state index is 0. The first-order valence-electron chi connectivity index (χ1n) is 25.9. The van der Waals surface area contributed by atoms with Crippen LogP contribution in [0.15, 0.2) is 102 Å². The summed E-state index contributed by atoms with van der Waals surface area (Å²) in [6.07, 6.45) is 3.76. The van der Waals surface area contributed by atoms with Crippen molar-refractivity contribution in [3.63, 3.8) is 0 Å². The second-order valence-corrected chi connectivity index (χ2v) is 21.8. The zero-order valence-corrected chi connectivity index (χ0v) is 49.9. The van der Waals surface area contributed by atoms with Crippen LogP contribution >= 0.6 is 24.0 Å². The van der Waals surface area contributed by atoms with E-state index in [9.17, 15) is 65.6 Å². The van der Waals surface area contributed by atoms with Gasteiger partial charge in [-0.2, -0.15) is 10.4 Å². The number of carbonyl (C=O) groups is 2. The third-order valence-electron chi connectivity index (χ3n) is 14.0. The SMILES string of the molecule is CC(C)c1cc(-c2n[nH]c(=S)n2-c2ccc3c(c2)CC(O)C3)c(O)cc1O.CC(C)c1cc(C(=O)CN)c(O)cc1O.N#CSc1ccc2c(c1)CC(O)C2.O=C1Cc2ccc([N+](=O)[O-])cc2C1.O=[N+]([O-])c1ccc2c(c1)CC(O)C2.[B].[H-].[Na+]. The molecule has 1 aromatic heterocycles. The van der Waals surface area contributed by atoms with Crippen LogP contribution in [0.3, 0.4) is 0 Å². The van der Waals surface area contributed by atoms with E-state index in [0.717, 1.165) is 62.4 Å². The van der Waals surface area contributed by atoms with Crippen LogP contribution in [0.4, 0.5) is 11.4 Å². The summed E-state index contributed by atoms with van der Waals surface area (Å²) in [5, 5.41) is 107. The number of aromatic hydroxyl groups is 4. The number of thiocyanates is 1. The average Bonchev–Trinajstić information content (AvgIpc) is 3.22. The number of aromatic amines is 1. The Labute approximate surface area is 513 Å². The van der Waals surface area contributed by atoms with Crippen LogP contribution < -0.4 is 35.3 Å². The van der Waals surface area contributed by atoms with Gasteiger partial charge in [-0.3, -0.25) is 39.5 Å². The van der Waals surface area contributed by atoms with Gasteiger partial charge in [-0.05, 0) is 166 Å². The monoisotopic (exact) mass is 1170 g/mol. The average molecular weight is 1180 g/mol. The molecule has 24 heteroatoms. The Balaban J connectivity index is 0.000000232. The maximum Gasteiger partial charge on any atom is 1.00 e. The van der Waals surface area contributed by atoms with Gasteiger partial charge in [0.1, 0.15) is 34.2 Å². The molecule has 1 heterocycles. The molecule has 4 aliphatic carbocycles. The standard InChI is InChI=1S/C20H21N3O3S.C11H15NO3.C10H9NOS.C9H9NO3.C9H7NO3.B.Na.H/c1-10(2)15-8-16(18(26)9-17(15)25)19-21-22-20(27)23(19)13-4-3-11-6-14(24)7-12(11)5-13;1-6(2)7-3-8(11(15)5-12)10(14)4-9(7)13;11-6-13-10-2-1-7-3-9(12)4-8(7)5-10;2*11-9-4-6-1-2-8(10(12)13)3-7(6)5-9;;;/h3-5,8-10,14,24-26H,6-7H2,1-2H3,(H,22,27);3-4,6,13-14H,5,12H2,1-2H3;1-2,5,9,12H,3-4H2;1-3,9,11H,4-5H2;1-3H,4-5H2;;;/q;;;;;;+1;-1. The Morgan fingerprint density at radius 2 is 1.16 bits per heavy atom. The summed E-state index contributed by atoms with van der Waals surface area (Å²) in [5.41, 5.74) is 16.5. The number of phenolic OH excluding ortho intramolecular Hbond substituents is 4. The zero-order chi connectivity index (χ0) is 59.0. The molecule has 4 aliphatic rings. The molecule has 0 saturated carbocycles. The third kappa shape index (κ3) is 16.5. The number of hydrogen-bond acceptors (Lipinski definition) is 18. The van der Waals surface area contributed by atoms with E-state index in [1.165, 1.54) is 59.3 Å². The summed E-state index contributed by atoms with van der Waals surface area (Å²) in [6.45, 7) is 7.57. The number of nitrogens with two attached hydrogens (primary N) is 1. The molecular weight excluding hydrogens is 1110 g/mol. The topological polar surface area (TPSA) is 345 Å². The van der Waals surface area contributed by atoms with E-state index in [-0.39, 0.29) is 128 Å². The number of nitro groups is 2. The van der Waals surface area contributed by atoms with Crippen molar-refractivity contribution < 1.29 is 86.2 Å². The van der Waals surface area contributed by atoms with Crippen molar-refractivity contribution in [2.45, 2.75) is 114 Å². The molecule has 20 nitrogen and oxygen atoms in total. The summed E-state index contributed by atoms with van der Waals surface area (Å²) in [4.78, 5) is 43.3. The van der Waals surface area contributed by atoms with Crippen molar-refractivity contribution in [3.05, 3.63) is 183 Å². The van der Waals surface area contributed by atoms with Crippen LogP contribution in [0.2, 0.25) is 0 Å². The summed E-state index contributed by atoms with van der Waals surface area (Å²) >= 11 is 6.59. The van der Waals surface area contributed by atoms with Gasteiger partial charge in [-0.25, -0.2) is 0 Å². The molecule has 11 rings (SSSR count). The van der Waals surface area contributed by atoms with Crippen LogP contribution in [0.25, 0.3) is 17.1 Å². The number of fused-ring (bicyclic) bond motifs is 4. The predicted octanol–water partition coefficient (Wildman–Crippen LogP) is 5.73. The Morgan fingerprint density at radius 3 is 1.69 bits per heavy atom. The van der Waals surface area contributed by atoms with Crippen LogP contribution in [0.5, 0.6) is 23.0 Å². The number of nitrogens with zero attached hydrogens (tertiary/aromatic N) is 5. The van der Waals surface area contributed by atoms with Crippen LogP contribution in [-0.4, -0.2) is 105 Å². The largest absolute Gasteiger partial charge is 1.00 e. The van der Waals surface area contributed by atoms with E-state index in [4.69, 9.17) is 23.2 Å². The van der Waals surface area contributed by atoms with E-state index in [0.29, 0.717) is 60.2 Å². The minimum Gasteiger partial charge on any atom is -1.00 e. The van der Waals surface area contributed by atoms with Gasteiger partial charge in [0, 0.05) is 62.5 Å². The fourth-order valence-electron chi connectivity index (χ4n) is 10.00. The van der Waals surface area contributed by atoms with Gasteiger partial charge in [-0.15, -0.1) is 0 Å². The molecule has 3 unspecified atom stereocenters. The normalized spacial score (nSPS) is 15.6. The van der Waals surface area contributed by atoms with Gasteiger partial charge in [-0.1, -0.05) is 52.0 Å². The number of nitriles is 1. The van der Waals surface area contributed by atoms with Crippen molar-refractivity contribution in [1.29, 1.82) is 5.26 Å². The molecule has 83 heavy (non-hydrogen) atoms. The molecule has 0 amide bonds. The second-order valence-electron chi connectivity index (χ2n) is 20.6. The number of nitro benzene ring substituents is 2. The number of H-pyrrole nitrogens is 1. The minimum atomic E-state index is -0.441. The molecule has 0 fully saturated rings. The second kappa shape index (κ2) is 29.3. The Bertz CT molecular complexity index is 3670. The van der Waals surface area contributed by atoms with E-state index >= 15 is 0 Å². The number of rotatable bonds is 9. The maximum absolute atomic E-state index is 11.4. The molecule has 3 radical (unpaired) electrons. The molecule has 6 aromatic carbocycles. The molecule has 0 bridgehead atoms. The quantitative estimate of drug-likeness (QED) is 0.0159. The van der Waals surface area contributed by atoms with Crippen molar-refractivity contribution in [3.8, 4) is 45.5 Å². The van der Waals surface area contributed by atoms with Gasteiger partial charge in [0.2, 0.25) is 0 Å². The van der Waals surface area contributed by atoms with Crippen LogP contribution in [0, 0.1) is 35.7 Å². The smallest absolute Gasteiger partial charge is 1.00 e. The molecule has 0 aliphatic heterocycles. The summed E-state index contributed by atoms with van der Waals surface area (Å²) in [5.74, 6) is 0.185. The van der Waals surface area contributed by atoms with Gasteiger partial charge < -0.3 is 42.9 Å². The summed E-state index contributed by atoms with van der Waals surface area (Å²) < 4.78 is 2.17. The molecule has 10 N–H and O–H groups in total. The molecule has 427 valence electrons. The van der Waals surface area contributed by atoms with Crippen molar-refractivity contribution >= 4 is 55.3 Å². The van der Waals surface area contributed by atoms with Gasteiger partial charge in [0.15, 0.2) is 16.4 Å². The van der Waals surface area contributed by atoms with Crippen molar-refractivity contribution in [1.82, 2.24) is 14.8 Å². The van der Waals surface area contributed by atoms with E-state index in [1.807, 2.05) is 69.5 Å². The number of phenols is 4. The fraction of sp³-hybridized carbons (Fsp3) is 0.305. The Kier molecular flexibility index (Phi) is 23.5. The molecule has 0 saturated heterocycles. The number of non-ortho nitro benzene ring substituents is 2. The first-order valence-corrected chi connectivity index (χ1v) is 27.1. The summed E-state index contributed by atoms with van der Waals surface area (Å²) in [6, 6.07) is 27.0. The first kappa shape index (κ1) is 66.6.